The molecule has 1 nitrogen and oxygen atoms in total. The summed E-state index contributed by atoms with van der Waals surface area (Å²) in [6, 6.07) is 59.3. The van der Waals surface area contributed by atoms with E-state index in [0.717, 1.165) is 0 Å². The lowest BCUT2D eigenvalue weighted by Crippen LogP contribution is -2.26. The molecule has 0 fully saturated rings. The van der Waals surface area contributed by atoms with Crippen LogP contribution in [0.1, 0.15) is 51.8 Å². The van der Waals surface area contributed by atoms with Gasteiger partial charge in [0.25, 0.3) is 0 Å². The third-order valence-corrected chi connectivity index (χ3v) is 11.4. The van der Waals surface area contributed by atoms with Crippen LogP contribution >= 0.6 is 0 Å². The van der Waals surface area contributed by atoms with Crippen LogP contribution in [0.25, 0.3) is 33.4 Å². The Bertz CT molecular complexity index is 2350. The summed E-state index contributed by atoms with van der Waals surface area (Å²) in [5.41, 5.74) is 21.0. The molecule has 3 aliphatic rings. The summed E-state index contributed by atoms with van der Waals surface area (Å²) in [5, 5.41) is 0. The monoisotopic (exact) mass is 627 g/mol. The molecule has 0 heterocycles. The number of hydrogen-bond donors (Lipinski definition) is 0. The summed E-state index contributed by atoms with van der Waals surface area (Å²) in [6.07, 6.45) is 4.95. The summed E-state index contributed by atoms with van der Waals surface area (Å²) >= 11 is 0. The van der Waals surface area contributed by atoms with Crippen molar-refractivity contribution in [2.45, 2.75) is 38.0 Å². The van der Waals surface area contributed by atoms with Crippen LogP contribution in [0.4, 0.5) is 17.1 Å². The molecule has 0 N–H and O–H groups in total. The van der Waals surface area contributed by atoms with Gasteiger partial charge in [-0.2, -0.15) is 0 Å². The molecule has 0 aromatic heterocycles. The van der Waals surface area contributed by atoms with Crippen molar-refractivity contribution >= 4 is 17.1 Å². The standard InChI is InChI=1S/C48H37N/c1-32-13-2-11-24-47(32)49(35-27-25-34(26-28-35)38-20-12-15-33-14-3-4-16-37(33)38)36-29-30-42-41-19-7-10-23-45(41)48(46(42)31-36)43-21-8-5-17-39(43)40-18-6-9-22-44(40)48/h2,5-13,15,17-31H,3-4,14,16H2,1H3. The van der Waals surface area contributed by atoms with Crippen molar-refractivity contribution in [2.75, 3.05) is 4.90 Å². The van der Waals surface area contributed by atoms with Gasteiger partial charge < -0.3 is 4.90 Å². The van der Waals surface area contributed by atoms with Gasteiger partial charge in [-0.3, -0.25) is 0 Å². The first-order chi connectivity index (χ1) is 24.2. The Morgan fingerprint density at radius 1 is 0.449 bits per heavy atom. The van der Waals surface area contributed by atoms with E-state index in [9.17, 15) is 0 Å². The van der Waals surface area contributed by atoms with Crippen molar-refractivity contribution in [1.82, 2.24) is 0 Å². The van der Waals surface area contributed by atoms with Crippen LogP contribution in [-0.4, -0.2) is 0 Å². The Labute approximate surface area is 289 Å². The molecule has 10 rings (SSSR count). The van der Waals surface area contributed by atoms with Crippen LogP contribution in [0.3, 0.4) is 0 Å². The van der Waals surface area contributed by atoms with Gasteiger partial charge in [-0.05, 0) is 135 Å². The summed E-state index contributed by atoms with van der Waals surface area (Å²) in [6.45, 7) is 2.22. The van der Waals surface area contributed by atoms with E-state index in [1.165, 1.54) is 115 Å². The molecule has 0 saturated heterocycles. The van der Waals surface area contributed by atoms with Gasteiger partial charge in [-0.1, -0.05) is 127 Å². The Balaban J connectivity index is 1.18. The van der Waals surface area contributed by atoms with E-state index >= 15 is 0 Å². The lowest BCUT2D eigenvalue weighted by molar-refractivity contribution is 0.687. The zero-order valence-electron chi connectivity index (χ0n) is 27.8. The highest BCUT2D eigenvalue weighted by atomic mass is 15.1. The smallest absolute Gasteiger partial charge is 0.0726 e. The first-order valence-corrected chi connectivity index (χ1v) is 17.7. The molecule has 0 radical (unpaired) electrons. The average Bonchev–Trinajstić information content (AvgIpc) is 3.63. The molecule has 1 heteroatoms. The fraction of sp³-hybridized carbons (Fsp3) is 0.125. The molecule has 1 spiro atoms. The average molecular weight is 628 g/mol. The van der Waals surface area contributed by atoms with Gasteiger partial charge in [-0.15, -0.1) is 0 Å². The largest absolute Gasteiger partial charge is 0.310 e. The maximum atomic E-state index is 2.49. The number of nitrogens with zero attached hydrogens (tertiary/aromatic N) is 1. The molecule has 3 aliphatic carbocycles. The number of para-hydroxylation sites is 1. The van der Waals surface area contributed by atoms with Crippen LogP contribution in [0.5, 0.6) is 0 Å². The molecule has 0 aliphatic heterocycles. The maximum Gasteiger partial charge on any atom is 0.0726 e. The summed E-state index contributed by atoms with van der Waals surface area (Å²) in [5.74, 6) is 0. The minimum absolute atomic E-state index is 0.372. The van der Waals surface area contributed by atoms with E-state index in [1.807, 2.05) is 0 Å². The Morgan fingerprint density at radius 3 is 1.67 bits per heavy atom. The molecule has 0 unspecified atom stereocenters. The summed E-state index contributed by atoms with van der Waals surface area (Å²) < 4.78 is 0. The van der Waals surface area contributed by atoms with Crippen molar-refractivity contribution in [3.05, 3.63) is 197 Å². The van der Waals surface area contributed by atoms with Crippen LogP contribution in [-0.2, 0) is 18.3 Å². The Kier molecular flexibility index (Phi) is 6.33. The third kappa shape index (κ3) is 4.06. The summed E-state index contributed by atoms with van der Waals surface area (Å²) in [4.78, 5) is 2.46. The van der Waals surface area contributed by atoms with E-state index in [-0.39, 0.29) is 5.41 Å². The fourth-order valence-corrected chi connectivity index (χ4v) is 9.31. The number of aryl methyl sites for hydroxylation is 2. The van der Waals surface area contributed by atoms with Crippen molar-refractivity contribution in [3.63, 3.8) is 0 Å². The summed E-state index contributed by atoms with van der Waals surface area (Å²) in [7, 11) is 0. The first kappa shape index (κ1) is 28.4. The topological polar surface area (TPSA) is 3.24 Å². The molecule has 234 valence electrons. The van der Waals surface area contributed by atoms with Gasteiger partial charge in [0.15, 0.2) is 0 Å². The minimum Gasteiger partial charge on any atom is -0.310 e. The molecule has 0 amide bonds. The molecule has 7 aromatic rings. The van der Waals surface area contributed by atoms with E-state index in [4.69, 9.17) is 0 Å². The normalized spacial score (nSPS) is 14.5. The molecule has 7 aromatic carbocycles. The van der Waals surface area contributed by atoms with Crippen LogP contribution in [0, 0.1) is 6.92 Å². The number of rotatable bonds is 4. The molecular weight excluding hydrogens is 591 g/mol. The van der Waals surface area contributed by atoms with Gasteiger partial charge in [0.2, 0.25) is 0 Å². The second-order valence-corrected chi connectivity index (χ2v) is 13.9. The van der Waals surface area contributed by atoms with Crippen molar-refractivity contribution in [1.29, 1.82) is 0 Å². The number of hydrogen-bond acceptors (Lipinski definition) is 1. The molecule has 0 atom stereocenters. The van der Waals surface area contributed by atoms with Crippen molar-refractivity contribution < 1.29 is 0 Å². The van der Waals surface area contributed by atoms with Crippen LogP contribution < -0.4 is 4.90 Å². The van der Waals surface area contributed by atoms with Gasteiger partial charge >= 0.3 is 0 Å². The van der Waals surface area contributed by atoms with Crippen molar-refractivity contribution in [2.24, 2.45) is 0 Å². The zero-order chi connectivity index (χ0) is 32.5. The Morgan fingerprint density at radius 2 is 1.00 bits per heavy atom. The van der Waals surface area contributed by atoms with E-state index in [0.29, 0.717) is 0 Å². The molecule has 49 heavy (non-hydrogen) atoms. The number of anilines is 3. The predicted octanol–water partition coefficient (Wildman–Crippen LogP) is 12.4. The van der Waals surface area contributed by atoms with E-state index in [2.05, 4.69) is 170 Å². The molecule has 0 bridgehead atoms. The highest BCUT2D eigenvalue weighted by molar-refractivity contribution is 5.96. The minimum atomic E-state index is -0.372. The lowest BCUT2D eigenvalue weighted by Gasteiger charge is -2.32. The third-order valence-electron chi connectivity index (χ3n) is 11.4. The SMILES string of the molecule is Cc1ccccc1N(c1ccc(-c2cccc3c2CCCC3)cc1)c1ccc2c(c1)C1(c3ccccc3-c3ccccc31)c1ccccc1-2. The predicted molar refractivity (Wildman–Crippen MR) is 204 cm³/mol. The lowest BCUT2D eigenvalue weighted by atomic mass is 9.70. The van der Waals surface area contributed by atoms with Gasteiger partial charge in [0, 0.05) is 17.1 Å². The second kappa shape index (κ2) is 10.9. The number of fused-ring (bicyclic) bond motifs is 11. The van der Waals surface area contributed by atoms with Crippen molar-refractivity contribution in [3.8, 4) is 33.4 Å². The van der Waals surface area contributed by atoms with Gasteiger partial charge in [-0.25, -0.2) is 0 Å². The Hall–Kier alpha value is -5.66. The molecular formula is C48H37N. The highest BCUT2D eigenvalue weighted by Gasteiger charge is 2.51. The van der Waals surface area contributed by atoms with Gasteiger partial charge in [0.1, 0.15) is 0 Å². The maximum absolute atomic E-state index is 2.49. The van der Waals surface area contributed by atoms with E-state index < -0.39 is 0 Å². The van der Waals surface area contributed by atoms with Crippen LogP contribution in [0.2, 0.25) is 0 Å². The number of benzene rings is 7. The first-order valence-electron chi connectivity index (χ1n) is 17.7. The van der Waals surface area contributed by atoms with Gasteiger partial charge in [0.05, 0.1) is 5.41 Å². The fourth-order valence-electron chi connectivity index (χ4n) is 9.31. The second-order valence-electron chi connectivity index (χ2n) is 13.9. The van der Waals surface area contributed by atoms with E-state index in [1.54, 1.807) is 0 Å². The zero-order valence-corrected chi connectivity index (χ0v) is 27.8. The quantitative estimate of drug-likeness (QED) is 0.188. The van der Waals surface area contributed by atoms with Crippen LogP contribution in [0.15, 0.2) is 158 Å². The molecule has 0 saturated carbocycles. The highest BCUT2D eigenvalue weighted by Crippen LogP contribution is 2.63.